The first-order chi connectivity index (χ1) is 13.0. The van der Waals surface area contributed by atoms with E-state index >= 15 is 0 Å². The molecule has 2 saturated carbocycles. The first kappa shape index (κ1) is 15.6. The number of likely N-dealkylation sites (N-methyl/N-ethyl adjacent to an activating group) is 1. The van der Waals surface area contributed by atoms with Crippen LogP contribution in [0.15, 0.2) is 12.1 Å². The molecule has 7 aliphatic rings. The molecule has 0 radical (unpaired) electrons. The molecule has 2 N–H and O–H groups in total. The van der Waals surface area contributed by atoms with Crippen molar-refractivity contribution in [2.75, 3.05) is 26.7 Å². The van der Waals surface area contributed by atoms with Gasteiger partial charge in [0, 0.05) is 24.7 Å². The number of rotatable bonds is 2. The van der Waals surface area contributed by atoms with Crippen molar-refractivity contribution in [2.24, 2.45) is 5.92 Å². The highest BCUT2D eigenvalue weighted by Gasteiger charge is 2.80. The lowest BCUT2D eigenvalue weighted by molar-refractivity contribution is -0.260. The van der Waals surface area contributed by atoms with E-state index in [4.69, 9.17) is 4.74 Å². The second kappa shape index (κ2) is 4.47. The van der Waals surface area contributed by atoms with Crippen LogP contribution in [0, 0.1) is 5.92 Å². The van der Waals surface area contributed by atoms with Gasteiger partial charge in [0.25, 0.3) is 0 Å². The van der Waals surface area contributed by atoms with Crippen LogP contribution in [0.5, 0.6) is 11.5 Å². The molecule has 144 valence electrons. The summed E-state index contributed by atoms with van der Waals surface area (Å²) in [6.07, 6.45) is 6.45. The second-order valence-electron chi connectivity index (χ2n) is 10.2. The number of fused-ring (bicyclic) bond motifs is 2. The standard InChI is InChI=1S/C22H28N2O3/c1-23-12-20(26)6-7-22(23)16-10-14-4-5-15(25)18-17(14)21(22,19(20)27-18)8-9-24(16)11-13-2-3-13/h4-5,13,16,19,25-26H,2-3,6-12H2,1H3/t16-,19+,20-,21+,22-/m1/s1. The van der Waals surface area contributed by atoms with Gasteiger partial charge < -0.3 is 14.9 Å². The number of benzene rings is 1. The van der Waals surface area contributed by atoms with Crippen LogP contribution in [-0.4, -0.2) is 70.0 Å². The van der Waals surface area contributed by atoms with Crippen molar-refractivity contribution in [1.29, 1.82) is 0 Å². The summed E-state index contributed by atoms with van der Waals surface area (Å²) >= 11 is 0. The first-order valence-corrected chi connectivity index (χ1v) is 10.7. The molecule has 27 heavy (non-hydrogen) atoms. The Hall–Kier alpha value is -1.30. The van der Waals surface area contributed by atoms with Gasteiger partial charge in [-0.25, -0.2) is 0 Å². The average Bonchev–Trinajstić information content (AvgIpc) is 3.37. The van der Waals surface area contributed by atoms with Crippen molar-refractivity contribution in [3.8, 4) is 11.5 Å². The number of hydrogen-bond donors (Lipinski definition) is 2. The van der Waals surface area contributed by atoms with Gasteiger partial charge in [-0.15, -0.1) is 0 Å². The van der Waals surface area contributed by atoms with E-state index in [1.54, 1.807) is 6.07 Å². The first-order valence-electron chi connectivity index (χ1n) is 10.7. The molecule has 5 atom stereocenters. The number of ether oxygens (including phenoxy) is 1. The number of hydrogen-bond acceptors (Lipinski definition) is 5. The van der Waals surface area contributed by atoms with E-state index in [9.17, 15) is 10.2 Å². The van der Waals surface area contributed by atoms with Crippen LogP contribution in [0.2, 0.25) is 0 Å². The van der Waals surface area contributed by atoms with Gasteiger partial charge in [0.15, 0.2) is 11.5 Å². The van der Waals surface area contributed by atoms with Crippen LogP contribution in [-0.2, 0) is 11.8 Å². The maximum absolute atomic E-state index is 11.6. The second-order valence-corrected chi connectivity index (χ2v) is 10.2. The lowest BCUT2D eigenvalue weighted by atomic mass is 9.42. The molecule has 1 aromatic carbocycles. The van der Waals surface area contributed by atoms with E-state index < -0.39 is 5.60 Å². The number of nitrogens with zero attached hydrogens (tertiary/aromatic N) is 2. The summed E-state index contributed by atoms with van der Waals surface area (Å²) in [4.78, 5) is 5.27. The fourth-order valence-corrected chi connectivity index (χ4v) is 8.08. The molecule has 4 heterocycles. The molecule has 3 saturated heterocycles. The van der Waals surface area contributed by atoms with E-state index in [2.05, 4.69) is 22.9 Å². The van der Waals surface area contributed by atoms with Crippen LogP contribution in [0.25, 0.3) is 0 Å². The van der Waals surface area contributed by atoms with Gasteiger partial charge in [-0.2, -0.15) is 0 Å². The van der Waals surface area contributed by atoms with Crippen LogP contribution in [0.3, 0.4) is 0 Å². The molecule has 0 unspecified atom stereocenters. The van der Waals surface area contributed by atoms with Gasteiger partial charge >= 0.3 is 0 Å². The van der Waals surface area contributed by atoms with Crippen molar-refractivity contribution >= 4 is 0 Å². The molecule has 5 nitrogen and oxygen atoms in total. The lowest BCUT2D eigenvalue weighted by Crippen LogP contribution is -2.88. The summed E-state index contributed by atoms with van der Waals surface area (Å²) in [7, 11) is 2.22. The number of phenols is 1. The maximum Gasteiger partial charge on any atom is 0.165 e. The van der Waals surface area contributed by atoms with Gasteiger partial charge in [-0.05, 0) is 69.7 Å². The fourth-order valence-electron chi connectivity index (χ4n) is 8.08. The fraction of sp³-hybridized carbons (Fsp3) is 0.727. The predicted octanol–water partition coefficient (Wildman–Crippen LogP) is 1.64. The van der Waals surface area contributed by atoms with Crippen molar-refractivity contribution in [3.05, 3.63) is 23.3 Å². The zero-order valence-corrected chi connectivity index (χ0v) is 15.9. The highest BCUT2D eigenvalue weighted by atomic mass is 16.5. The molecular formula is C22H28N2O3. The molecule has 8 rings (SSSR count). The third kappa shape index (κ3) is 1.51. The minimum Gasteiger partial charge on any atom is -0.504 e. The average molecular weight is 368 g/mol. The van der Waals surface area contributed by atoms with Crippen LogP contribution in [0.1, 0.15) is 43.2 Å². The Morgan fingerprint density at radius 3 is 2.85 bits per heavy atom. The highest BCUT2D eigenvalue weighted by molar-refractivity contribution is 5.64. The monoisotopic (exact) mass is 368 g/mol. The van der Waals surface area contributed by atoms with Crippen LogP contribution < -0.4 is 4.74 Å². The third-order valence-corrected chi connectivity index (χ3v) is 9.13. The Morgan fingerprint density at radius 1 is 1.22 bits per heavy atom. The number of aliphatic hydroxyl groups is 1. The van der Waals surface area contributed by atoms with Crippen LogP contribution >= 0.6 is 0 Å². The Bertz CT molecular complexity index is 869. The number of phenolic OH excluding ortho intramolecular Hbond substituents is 1. The Labute approximate surface area is 159 Å². The molecular weight excluding hydrogens is 340 g/mol. The minimum absolute atomic E-state index is 0.0152. The van der Waals surface area contributed by atoms with Gasteiger partial charge in [-0.3, -0.25) is 9.80 Å². The highest BCUT2D eigenvalue weighted by Crippen LogP contribution is 2.70. The van der Waals surface area contributed by atoms with E-state index in [0.717, 1.165) is 38.1 Å². The molecule has 1 aromatic rings. The van der Waals surface area contributed by atoms with Crippen molar-refractivity contribution in [1.82, 2.24) is 9.80 Å². The Morgan fingerprint density at radius 2 is 2.07 bits per heavy atom. The summed E-state index contributed by atoms with van der Waals surface area (Å²) in [5.74, 6) is 1.81. The Kier molecular flexibility index (Phi) is 2.58. The largest absolute Gasteiger partial charge is 0.504 e. The predicted molar refractivity (Wildman–Crippen MR) is 100 cm³/mol. The molecule has 4 bridgehead atoms. The van der Waals surface area contributed by atoms with Gasteiger partial charge in [0.05, 0.1) is 11.0 Å². The topological polar surface area (TPSA) is 56.2 Å². The van der Waals surface area contributed by atoms with Gasteiger partial charge in [0.1, 0.15) is 11.7 Å². The number of β-amino-alcohol motifs (C(OH)–C–C–N with tert-alkyl or cyclic N) is 1. The molecule has 5 fully saturated rings. The van der Waals surface area contributed by atoms with Gasteiger partial charge in [0.2, 0.25) is 0 Å². The molecule has 4 aliphatic heterocycles. The van der Waals surface area contributed by atoms with E-state index in [0.29, 0.717) is 18.3 Å². The normalized spacial score (nSPS) is 47.0. The van der Waals surface area contributed by atoms with Crippen molar-refractivity contribution in [3.63, 3.8) is 0 Å². The number of piperidine rings is 3. The van der Waals surface area contributed by atoms with Crippen molar-refractivity contribution < 1.29 is 14.9 Å². The number of likely N-dealkylation sites (tertiary alicyclic amines) is 1. The van der Waals surface area contributed by atoms with E-state index in [1.807, 2.05) is 0 Å². The van der Waals surface area contributed by atoms with Gasteiger partial charge in [-0.1, -0.05) is 6.07 Å². The SMILES string of the molecule is CN1C[C@]2(O)CC[C@]13[C@H]1Cc4ccc(O)c5c4[C@@]3(CCN1CC1CC1)[C@H]2O5. The molecule has 5 heteroatoms. The molecule has 0 aromatic heterocycles. The molecule has 0 amide bonds. The molecule has 3 aliphatic carbocycles. The zero-order valence-electron chi connectivity index (χ0n) is 15.9. The van der Waals surface area contributed by atoms with Crippen molar-refractivity contribution in [2.45, 2.75) is 67.2 Å². The van der Waals surface area contributed by atoms with E-state index in [-0.39, 0.29) is 22.8 Å². The smallest absolute Gasteiger partial charge is 0.165 e. The maximum atomic E-state index is 11.6. The quantitative estimate of drug-likeness (QED) is 0.831. The Balaban J connectivity index is 1.51. The minimum atomic E-state index is -0.820. The summed E-state index contributed by atoms with van der Waals surface area (Å²) < 4.78 is 6.47. The van der Waals surface area contributed by atoms with Crippen LogP contribution in [0.4, 0.5) is 0 Å². The summed E-state index contributed by atoms with van der Waals surface area (Å²) in [5, 5.41) is 22.2. The zero-order chi connectivity index (χ0) is 18.2. The summed E-state index contributed by atoms with van der Waals surface area (Å²) in [6, 6.07) is 4.40. The summed E-state index contributed by atoms with van der Waals surface area (Å²) in [5.41, 5.74) is 1.59. The summed E-state index contributed by atoms with van der Waals surface area (Å²) in [6.45, 7) is 2.99. The lowest BCUT2D eigenvalue weighted by Gasteiger charge is -2.74. The number of aromatic hydroxyl groups is 1. The molecule has 2 spiro atoms. The third-order valence-electron chi connectivity index (χ3n) is 9.13. The van der Waals surface area contributed by atoms with E-state index in [1.165, 1.54) is 30.5 Å².